The normalized spacial score (nSPS) is 21.4. The number of benzene rings is 1. The van der Waals surface area contributed by atoms with E-state index < -0.39 is 5.60 Å². The van der Waals surface area contributed by atoms with Crippen LogP contribution in [0, 0.1) is 6.92 Å². The van der Waals surface area contributed by atoms with Crippen molar-refractivity contribution in [3.05, 3.63) is 35.6 Å². The molecule has 23 heavy (non-hydrogen) atoms. The van der Waals surface area contributed by atoms with E-state index in [9.17, 15) is 9.59 Å². The van der Waals surface area contributed by atoms with Crippen LogP contribution < -0.4 is 5.32 Å². The standard InChI is InChI=1S/C17H20N2O4/c1-11-12-6-4-5-7-13(12)23-14(11)15(20)19-8-9-22-17(2,10-19)16(21)18-3/h4-7H,8-10H2,1-3H3,(H,18,21)/t17-/m0/s1. The Labute approximate surface area is 134 Å². The Morgan fingerprint density at radius 1 is 1.30 bits per heavy atom. The van der Waals surface area contributed by atoms with Crippen molar-refractivity contribution in [2.45, 2.75) is 19.4 Å². The van der Waals surface area contributed by atoms with E-state index >= 15 is 0 Å². The van der Waals surface area contributed by atoms with Gasteiger partial charge in [-0.05, 0) is 19.9 Å². The summed E-state index contributed by atoms with van der Waals surface area (Å²) in [7, 11) is 1.56. The van der Waals surface area contributed by atoms with Crippen LogP contribution in [0.5, 0.6) is 0 Å². The third-order valence-electron chi connectivity index (χ3n) is 4.31. The van der Waals surface area contributed by atoms with Crippen molar-refractivity contribution in [3.8, 4) is 0 Å². The van der Waals surface area contributed by atoms with Crippen LogP contribution in [0.15, 0.2) is 28.7 Å². The van der Waals surface area contributed by atoms with Crippen molar-refractivity contribution < 1.29 is 18.7 Å². The Bertz CT molecular complexity index is 767. The zero-order chi connectivity index (χ0) is 16.6. The van der Waals surface area contributed by atoms with Gasteiger partial charge in [0.15, 0.2) is 11.4 Å². The fourth-order valence-electron chi connectivity index (χ4n) is 2.97. The maximum atomic E-state index is 12.8. The van der Waals surface area contributed by atoms with Gasteiger partial charge in [0.05, 0.1) is 13.2 Å². The van der Waals surface area contributed by atoms with E-state index in [2.05, 4.69) is 5.32 Å². The van der Waals surface area contributed by atoms with Crippen molar-refractivity contribution in [1.29, 1.82) is 0 Å². The highest BCUT2D eigenvalue weighted by Crippen LogP contribution is 2.27. The number of amides is 2. The third kappa shape index (κ3) is 2.59. The minimum atomic E-state index is -1.04. The van der Waals surface area contributed by atoms with Gasteiger partial charge >= 0.3 is 0 Å². The van der Waals surface area contributed by atoms with Crippen molar-refractivity contribution >= 4 is 22.8 Å². The van der Waals surface area contributed by atoms with E-state index in [0.29, 0.717) is 24.5 Å². The molecule has 6 heteroatoms. The van der Waals surface area contributed by atoms with Crippen LogP contribution in [-0.2, 0) is 9.53 Å². The summed E-state index contributed by atoms with van der Waals surface area (Å²) < 4.78 is 11.3. The largest absolute Gasteiger partial charge is 0.451 e. The highest BCUT2D eigenvalue weighted by molar-refractivity contribution is 5.99. The molecule has 122 valence electrons. The molecule has 1 aromatic heterocycles. The lowest BCUT2D eigenvalue weighted by atomic mass is 10.0. The second kappa shape index (κ2) is 5.70. The number of likely N-dealkylation sites (N-methyl/N-ethyl adjacent to an activating group) is 1. The number of hydrogen-bond donors (Lipinski definition) is 1. The summed E-state index contributed by atoms with van der Waals surface area (Å²) in [5, 5.41) is 3.51. The molecule has 1 atom stereocenters. The third-order valence-corrected chi connectivity index (χ3v) is 4.31. The fraction of sp³-hybridized carbons (Fsp3) is 0.412. The number of aryl methyl sites for hydroxylation is 1. The van der Waals surface area contributed by atoms with Crippen molar-refractivity contribution in [2.75, 3.05) is 26.7 Å². The summed E-state index contributed by atoms with van der Waals surface area (Å²) in [6.07, 6.45) is 0. The smallest absolute Gasteiger partial charge is 0.290 e. The van der Waals surface area contributed by atoms with Crippen LogP contribution in [0.25, 0.3) is 11.0 Å². The summed E-state index contributed by atoms with van der Waals surface area (Å²) in [6.45, 7) is 4.51. The lowest BCUT2D eigenvalue weighted by molar-refractivity contribution is -0.153. The lowest BCUT2D eigenvalue weighted by Crippen LogP contribution is -2.58. The van der Waals surface area contributed by atoms with E-state index in [1.807, 2.05) is 31.2 Å². The first-order valence-electron chi connectivity index (χ1n) is 7.60. The van der Waals surface area contributed by atoms with Gasteiger partial charge in [-0.2, -0.15) is 0 Å². The number of carbonyl (C=O) groups excluding carboxylic acids is 2. The average Bonchev–Trinajstić information content (AvgIpc) is 2.90. The number of furan rings is 1. The number of fused-ring (bicyclic) bond motifs is 1. The second-order valence-corrected chi connectivity index (χ2v) is 5.94. The molecule has 0 saturated carbocycles. The fourth-order valence-corrected chi connectivity index (χ4v) is 2.97. The van der Waals surface area contributed by atoms with E-state index in [0.717, 1.165) is 10.9 Å². The quantitative estimate of drug-likeness (QED) is 0.916. The molecule has 1 N–H and O–H groups in total. The number of nitrogens with zero attached hydrogens (tertiary/aromatic N) is 1. The van der Waals surface area contributed by atoms with Gasteiger partial charge in [0.2, 0.25) is 0 Å². The van der Waals surface area contributed by atoms with Gasteiger partial charge in [0.1, 0.15) is 5.58 Å². The zero-order valence-electron chi connectivity index (χ0n) is 13.5. The molecular weight excluding hydrogens is 296 g/mol. The summed E-state index contributed by atoms with van der Waals surface area (Å²) in [6, 6.07) is 7.55. The molecule has 0 spiro atoms. The molecule has 1 saturated heterocycles. The Morgan fingerprint density at radius 2 is 2.04 bits per heavy atom. The molecule has 2 heterocycles. The van der Waals surface area contributed by atoms with E-state index in [1.54, 1.807) is 18.9 Å². The summed E-state index contributed by atoms with van der Waals surface area (Å²) in [4.78, 5) is 26.5. The first kappa shape index (κ1) is 15.6. The molecule has 1 aliphatic rings. The number of morpholine rings is 1. The molecule has 0 bridgehead atoms. The lowest BCUT2D eigenvalue weighted by Gasteiger charge is -2.38. The van der Waals surface area contributed by atoms with E-state index in [-0.39, 0.29) is 18.4 Å². The van der Waals surface area contributed by atoms with Gasteiger partial charge in [-0.25, -0.2) is 0 Å². The van der Waals surface area contributed by atoms with E-state index in [1.165, 1.54) is 0 Å². The number of rotatable bonds is 2. The minimum absolute atomic E-state index is 0.196. The van der Waals surface area contributed by atoms with Crippen molar-refractivity contribution in [1.82, 2.24) is 10.2 Å². The van der Waals surface area contributed by atoms with Crippen LogP contribution in [-0.4, -0.2) is 49.1 Å². The minimum Gasteiger partial charge on any atom is -0.451 e. The molecule has 1 fully saturated rings. The van der Waals surface area contributed by atoms with E-state index in [4.69, 9.17) is 9.15 Å². The molecule has 6 nitrogen and oxygen atoms in total. The molecule has 1 aliphatic heterocycles. The number of nitrogens with one attached hydrogen (secondary N) is 1. The molecule has 0 radical (unpaired) electrons. The first-order valence-corrected chi connectivity index (χ1v) is 7.60. The Balaban J connectivity index is 1.90. The molecule has 2 aromatic rings. The molecule has 2 amide bonds. The summed E-state index contributed by atoms with van der Waals surface area (Å²) >= 11 is 0. The number of para-hydroxylation sites is 1. The van der Waals surface area contributed by atoms with Gasteiger partial charge in [0.25, 0.3) is 11.8 Å². The van der Waals surface area contributed by atoms with Crippen LogP contribution in [0.1, 0.15) is 23.0 Å². The van der Waals surface area contributed by atoms with Gasteiger partial charge in [0, 0.05) is 24.5 Å². The van der Waals surface area contributed by atoms with Crippen LogP contribution in [0.2, 0.25) is 0 Å². The molecule has 1 aromatic carbocycles. The van der Waals surface area contributed by atoms with Crippen LogP contribution >= 0.6 is 0 Å². The van der Waals surface area contributed by atoms with Crippen molar-refractivity contribution in [3.63, 3.8) is 0 Å². The maximum absolute atomic E-state index is 12.8. The second-order valence-electron chi connectivity index (χ2n) is 5.94. The van der Waals surface area contributed by atoms with Gasteiger partial charge < -0.3 is 19.4 Å². The Morgan fingerprint density at radius 3 is 2.74 bits per heavy atom. The SMILES string of the molecule is CNC(=O)[C@]1(C)CN(C(=O)c2oc3ccccc3c2C)CCO1. The monoisotopic (exact) mass is 316 g/mol. The first-order chi connectivity index (χ1) is 11.0. The average molecular weight is 316 g/mol. The predicted octanol–water partition coefficient (Wildman–Crippen LogP) is 1.72. The highest BCUT2D eigenvalue weighted by atomic mass is 16.5. The highest BCUT2D eigenvalue weighted by Gasteiger charge is 2.41. The topological polar surface area (TPSA) is 71.8 Å². The van der Waals surface area contributed by atoms with Gasteiger partial charge in [-0.1, -0.05) is 18.2 Å². The van der Waals surface area contributed by atoms with Gasteiger partial charge in [-0.3, -0.25) is 9.59 Å². The molecule has 0 aliphatic carbocycles. The number of ether oxygens (including phenoxy) is 1. The predicted molar refractivity (Wildman–Crippen MR) is 85.3 cm³/mol. The molecule has 3 rings (SSSR count). The molecular formula is C17H20N2O4. The van der Waals surface area contributed by atoms with Crippen LogP contribution in [0.3, 0.4) is 0 Å². The Kier molecular flexibility index (Phi) is 3.85. The maximum Gasteiger partial charge on any atom is 0.290 e. The van der Waals surface area contributed by atoms with Crippen molar-refractivity contribution in [2.24, 2.45) is 0 Å². The zero-order valence-corrected chi connectivity index (χ0v) is 13.5. The molecule has 0 unspecified atom stereocenters. The number of carbonyl (C=O) groups is 2. The van der Waals surface area contributed by atoms with Crippen LogP contribution in [0.4, 0.5) is 0 Å². The Hall–Kier alpha value is -2.34. The summed E-state index contributed by atoms with van der Waals surface area (Å²) in [5.41, 5.74) is 0.470. The number of hydrogen-bond acceptors (Lipinski definition) is 4. The summed E-state index contributed by atoms with van der Waals surface area (Å²) in [5.74, 6) is -0.124. The van der Waals surface area contributed by atoms with Gasteiger partial charge in [-0.15, -0.1) is 0 Å².